The van der Waals surface area contributed by atoms with Gasteiger partial charge >= 0.3 is 6.03 Å². The summed E-state index contributed by atoms with van der Waals surface area (Å²) in [6.07, 6.45) is 1.96. The van der Waals surface area contributed by atoms with E-state index in [0.29, 0.717) is 12.2 Å². The largest absolute Gasteiger partial charge is 0.505 e. The number of benzene rings is 2. The summed E-state index contributed by atoms with van der Waals surface area (Å²) in [5.41, 5.74) is 3.69. The van der Waals surface area contributed by atoms with E-state index in [2.05, 4.69) is 48.7 Å². The Bertz CT molecular complexity index is 732. The van der Waals surface area contributed by atoms with Crippen LogP contribution in [0.25, 0.3) is 0 Å². The number of thioether (sulfide) groups is 1. The fourth-order valence-electron chi connectivity index (χ4n) is 2.44. The second-order valence-corrected chi connectivity index (χ2v) is 7.20. The molecule has 0 aliphatic heterocycles. The van der Waals surface area contributed by atoms with Crippen molar-refractivity contribution < 1.29 is 9.90 Å². The maximum Gasteiger partial charge on any atom is 0.319 e. The van der Waals surface area contributed by atoms with E-state index >= 15 is 0 Å². The quantitative estimate of drug-likeness (QED) is 0.361. The number of hydrogen-bond acceptors (Lipinski definition) is 3. The Labute approximate surface area is 154 Å². The summed E-state index contributed by atoms with van der Waals surface area (Å²) in [5, 5.41) is 15.8. The number of nitrogens with one attached hydrogen (secondary N) is 2. The average Bonchev–Trinajstić information content (AvgIpc) is 2.57. The number of amides is 2. The maximum atomic E-state index is 11.9. The van der Waals surface area contributed by atoms with Crippen molar-refractivity contribution in [1.82, 2.24) is 5.32 Å². The Morgan fingerprint density at radius 1 is 1.20 bits per heavy atom. The topological polar surface area (TPSA) is 61.4 Å². The molecule has 2 aromatic rings. The van der Waals surface area contributed by atoms with Crippen molar-refractivity contribution in [3.05, 3.63) is 53.1 Å². The van der Waals surface area contributed by atoms with Crippen molar-refractivity contribution in [3.8, 4) is 5.75 Å². The Kier molecular flexibility index (Phi) is 7.19. The van der Waals surface area contributed by atoms with Gasteiger partial charge in [0.25, 0.3) is 0 Å². The maximum absolute atomic E-state index is 11.9. The fourth-order valence-corrected chi connectivity index (χ4v) is 3.41. The van der Waals surface area contributed by atoms with Crippen molar-refractivity contribution in [2.45, 2.75) is 44.3 Å². The lowest BCUT2D eigenvalue weighted by atomic mass is 10.2. The minimum Gasteiger partial charge on any atom is -0.505 e. The Morgan fingerprint density at radius 2 is 2.00 bits per heavy atom. The summed E-state index contributed by atoms with van der Waals surface area (Å²) < 4.78 is 0. The first kappa shape index (κ1) is 19.2. The second-order valence-electron chi connectivity index (χ2n) is 6.15. The van der Waals surface area contributed by atoms with Gasteiger partial charge in [-0.3, -0.25) is 0 Å². The minimum atomic E-state index is -0.288. The van der Waals surface area contributed by atoms with Gasteiger partial charge < -0.3 is 15.7 Å². The number of carbonyl (C=O) groups is 1. The molecule has 0 heterocycles. The van der Waals surface area contributed by atoms with Gasteiger partial charge in [-0.25, -0.2) is 4.79 Å². The van der Waals surface area contributed by atoms with Gasteiger partial charge in [0.2, 0.25) is 0 Å². The fraction of sp³-hybridized carbons (Fsp3) is 0.350. The molecule has 5 heteroatoms. The molecular formula is C20H26N2O2S. The molecule has 0 fully saturated rings. The van der Waals surface area contributed by atoms with Crippen LogP contribution in [0.1, 0.15) is 36.5 Å². The first-order valence-corrected chi connectivity index (χ1v) is 9.55. The molecule has 2 rings (SSSR count). The number of urea groups is 1. The number of carbonyl (C=O) groups excluding carboxylic acids is 1. The summed E-state index contributed by atoms with van der Waals surface area (Å²) >= 11 is 1.69. The zero-order valence-electron chi connectivity index (χ0n) is 15.1. The van der Waals surface area contributed by atoms with Crippen molar-refractivity contribution >= 4 is 23.5 Å². The molecule has 25 heavy (non-hydrogen) atoms. The van der Waals surface area contributed by atoms with E-state index in [1.807, 2.05) is 19.1 Å². The highest BCUT2D eigenvalue weighted by atomic mass is 32.2. The van der Waals surface area contributed by atoms with Crippen LogP contribution >= 0.6 is 11.8 Å². The smallest absolute Gasteiger partial charge is 0.319 e. The first-order chi connectivity index (χ1) is 12.0. The predicted octanol–water partition coefficient (Wildman–Crippen LogP) is 5.22. The summed E-state index contributed by atoms with van der Waals surface area (Å²) in [6.45, 7) is 6.62. The van der Waals surface area contributed by atoms with E-state index in [1.165, 1.54) is 11.1 Å². The molecule has 0 aliphatic carbocycles. The Morgan fingerprint density at radius 3 is 2.72 bits per heavy atom. The van der Waals surface area contributed by atoms with Crippen molar-refractivity contribution in [2.75, 3.05) is 11.9 Å². The molecule has 2 aromatic carbocycles. The van der Waals surface area contributed by atoms with Gasteiger partial charge in [-0.05, 0) is 43.5 Å². The lowest BCUT2D eigenvalue weighted by Gasteiger charge is -2.13. The zero-order valence-corrected chi connectivity index (χ0v) is 15.9. The summed E-state index contributed by atoms with van der Waals surface area (Å²) in [7, 11) is 0. The normalized spacial score (nSPS) is 10.5. The van der Waals surface area contributed by atoms with Crippen LogP contribution in [0.5, 0.6) is 5.75 Å². The van der Waals surface area contributed by atoms with Crippen LogP contribution in [0.3, 0.4) is 0 Å². The molecule has 0 saturated heterocycles. The molecule has 2 amide bonds. The lowest BCUT2D eigenvalue weighted by molar-refractivity contribution is 0.252. The van der Waals surface area contributed by atoms with E-state index in [0.717, 1.165) is 29.1 Å². The van der Waals surface area contributed by atoms with Crippen LogP contribution in [0.4, 0.5) is 10.5 Å². The van der Waals surface area contributed by atoms with Crippen LogP contribution in [0.2, 0.25) is 0 Å². The third-order valence-corrected chi connectivity index (χ3v) is 4.87. The van der Waals surface area contributed by atoms with Crippen LogP contribution in [-0.2, 0) is 5.75 Å². The molecule has 4 nitrogen and oxygen atoms in total. The number of phenolic OH excluding ortho intramolecular Hbond substituents is 1. The molecule has 134 valence electrons. The van der Waals surface area contributed by atoms with Crippen molar-refractivity contribution in [1.29, 1.82) is 0 Å². The number of hydrogen-bond donors (Lipinski definition) is 3. The van der Waals surface area contributed by atoms with Crippen molar-refractivity contribution in [3.63, 3.8) is 0 Å². The third-order valence-electron chi connectivity index (χ3n) is 3.83. The molecule has 3 N–H and O–H groups in total. The Hall–Kier alpha value is -2.14. The van der Waals surface area contributed by atoms with E-state index in [1.54, 1.807) is 11.8 Å². The van der Waals surface area contributed by atoms with Gasteiger partial charge in [0.1, 0.15) is 5.75 Å². The average molecular weight is 359 g/mol. The molecule has 0 bridgehead atoms. The monoisotopic (exact) mass is 358 g/mol. The van der Waals surface area contributed by atoms with Gasteiger partial charge in [0.05, 0.1) is 5.69 Å². The molecule has 0 radical (unpaired) electrons. The summed E-state index contributed by atoms with van der Waals surface area (Å²) in [5.74, 6) is 0.958. The second kappa shape index (κ2) is 9.37. The van der Waals surface area contributed by atoms with E-state index in [4.69, 9.17) is 0 Å². The highest BCUT2D eigenvalue weighted by molar-refractivity contribution is 7.98. The third kappa shape index (κ3) is 6.02. The minimum absolute atomic E-state index is 0.116. The predicted molar refractivity (Wildman–Crippen MR) is 106 cm³/mol. The van der Waals surface area contributed by atoms with Gasteiger partial charge in [-0.15, -0.1) is 11.8 Å². The highest BCUT2D eigenvalue weighted by Crippen LogP contribution is 2.34. The van der Waals surface area contributed by atoms with E-state index < -0.39 is 0 Å². The number of aryl methyl sites for hydroxylation is 2. The molecule has 0 aliphatic rings. The molecule has 0 spiro atoms. The van der Waals surface area contributed by atoms with Gasteiger partial charge in [-0.2, -0.15) is 0 Å². The molecule has 0 saturated carbocycles. The van der Waals surface area contributed by atoms with Gasteiger partial charge in [0, 0.05) is 17.2 Å². The zero-order chi connectivity index (χ0) is 18.2. The summed E-state index contributed by atoms with van der Waals surface area (Å²) in [4.78, 5) is 13.0. The number of rotatable bonds is 7. The van der Waals surface area contributed by atoms with Crippen molar-refractivity contribution in [2.24, 2.45) is 0 Å². The molecule has 0 unspecified atom stereocenters. The van der Waals surface area contributed by atoms with Crippen LogP contribution in [0.15, 0.2) is 41.3 Å². The van der Waals surface area contributed by atoms with Crippen LogP contribution in [-0.4, -0.2) is 17.7 Å². The van der Waals surface area contributed by atoms with E-state index in [-0.39, 0.29) is 11.8 Å². The van der Waals surface area contributed by atoms with Crippen LogP contribution in [0, 0.1) is 13.8 Å². The summed E-state index contributed by atoms with van der Waals surface area (Å²) in [6, 6.07) is 11.9. The SMILES string of the molecule is CCCCNC(=O)Nc1cc(SCc2cccc(C)c2)cc(C)c1O. The number of aromatic hydroxyl groups is 1. The van der Waals surface area contributed by atoms with Gasteiger partial charge in [-0.1, -0.05) is 43.2 Å². The number of anilines is 1. The number of phenols is 1. The molecule has 0 aromatic heterocycles. The number of unbranched alkanes of at least 4 members (excludes halogenated alkanes) is 1. The lowest BCUT2D eigenvalue weighted by Crippen LogP contribution is -2.29. The van der Waals surface area contributed by atoms with E-state index in [9.17, 15) is 9.90 Å². The Balaban J connectivity index is 2.04. The standard InChI is InChI=1S/C20H26N2O2S/c1-4-5-9-21-20(24)22-18-12-17(11-15(3)19(18)23)25-13-16-8-6-7-14(2)10-16/h6-8,10-12,23H,4-5,9,13H2,1-3H3,(H2,21,22,24). The highest BCUT2D eigenvalue weighted by Gasteiger charge is 2.11. The molecular weight excluding hydrogens is 332 g/mol. The molecule has 0 atom stereocenters. The van der Waals surface area contributed by atoms with Crippen LogP contribution < -0.4 is 10.6 Å². The first-order valence-electron chi connectivity index (χ1n) is 8.56. The van der Waals surface area contributed by atoms with Gasteiger partial charge in [0.15, 0.2) is 0 Å².